The summed E-state index contributed by atoms with van der Waals surface area (Å²) in [5.41, 5.74) is 11.1. The van der Waals surface area contributed by atoms with Gasteiger partial charge in [0.05, 0.1) is 0 Å². The predicted octanol–water partition coefficient (Wildman–Crippen LogP) is 9.27. The third-order valence-corrected chi connectivity index (χ3v) is 10.7. The van der Waals surface area contributed by atoms with Crippen LogP contribution in [0.15, 0.2) is 140 Å². The van der Waals surface area contributed by atoms with Gasteiger partial charge in [0.1, 0.15) is 0 Å². The molecule has 0 aromatic heterocycles. The minimum absolute atomic E-state index is 0.539. The summed E-state index contributed by atoms with van der Waals surface area (Å²) in [5.74, 6) is 0. The molecule has 0 spiro atoms. The molecule has 0 aliphatic heterocycles. The van der Waals surface area contributed by atoms with Crippen molar-refractivity contribution < 1.29 is 19.2 Å². The molecule has 6 rings (SSSR count). The van der Waals surface area contributed by atoms with Crippen molar-refractivity contribution in [3.63, 3.8) is 0 Å². The van der Waals surface area contributed by atoms with Crippen LogP contribution >= 0.6 is 18.5 Å². The van der Waals surface area contributed by atoms with E-state index < -0.39 is 19.2 Å². The Hall–Kier alpha value is -2.59. The molecule has 37 heavy (non-hydrogen) atoms. The molecule has 4 aromatic carbocycles. The third kappa shape index (κ3) is 4.97. The maximum absolute atomic E-state index is 3.10. The number of benzene rings is 4. The number of rotatable bonds is 6. The van der Waals surface area contributed by atoms with Gasteiger partial charge in [0.2, 0.25) is 0 Å². The van der Waals surface area contributed by atoms with Gasteiger partial charge >= 0.3 is 235 Å². The van der Waals surface area contributed by atoms with Crippen molar-refractivity contribution in [2.24, 2.45) is 0 Å². The zero-order chi connectivity index (χ0) is 25.2. The summed E-state index contributed by atoms with van der Waals surface area (Å²) in [5, 5.41) is 2.72. The number of hydrogen-bond acceptors (Lipinski definition) is 0. The van der Waals surface area contributed by atoms with Crippen LogP contribution in [-0.4, -0.2) is 0 Å². The molecule has 2 atom stereocenters. The minimum atomic E-state index is -0.539. The first-order valence-corrected chi connectivity index (χ1v) is 15.4. The molecule has 178 valence electrons. The first-order chi connectivity index (χ1) is 18.2. The topological polar surface area (TPSA) is 0 Å². The molecule has 0 nitrogen and oxygen atoms in total. The van der Waals surface area contributed by atoms with Crippen LogP contribution in [0.3, 0.4) is 0 Å². The normalized spacial score (nSPS) is 15.7. The van der Waals surface area contributed by atoms with Crippen LogP contribution in [0.25, 0.3) is 22.3 Å². The van der Waals surface area contributed by atoms with Gasteiger partial charge in [0.25, 0.3) is 0 Å². The van der Waals surface area contributed by atoms with Crippen LogP contribution in [0, 0.1) is 0 Å². The van der Waals surface area contributed by atoms with E-state index in [-0.39, 0.29) is 0 Å². The Labute approximate surface area is 233 Å². The van der Waals surface area contributed by atoms with Crippen LogP contribution < -0.4 is 0 Å². The Morgan fingerprint density at radius 1 is 0.405 bits per heavy atom. The molecule has 4 aromatic rings. The third-order valence-electron chi connectivity index (χ3n) is 7.17. The van der Waals surface area contributed by atoms with Crippen molar-refractivity contribution in [1.82, 2.24) is 0 Å². The van der Waals surface area contributed by atoms with Crippen molar-refractivity contribution in [2.75, 3.05) is 0 Å². The zero-order valence-corrected chi connectivity index (χ0v) is 24.5. The van der Waals surface area contributed by atoms with Crippen LogP contribution in [0.2, 0.25) is 0 Å². The zero-order valence-electron chi connectivity index (χ0n) is 20.6. The molecule has 2 unspecified atom stereocenters. The molecule has 0 fully saturated rings. The van der Waals surface area contributed by atoms with Crippen LogP contribution in [0.1, 0.15) is 35.1 Å². The van der Waals surface area contributed by atoms with Gasteiger partial charge in [0.15, 0.2) is 0 Å². The van der Waals surface area contributed by atoms with E-state index in [1.54, 1.807) is 7.76 Å². The maximum atomic E-state index is 3.10. The second-order valence-corrected chi connectivity index (χ2v) is 12.9. The average molecular weight is 546 g/mol. The van der Waals surface area contributed by atoms with Crippen molar-refractivity contribution in [1.29, 1.82) is 0 Å². The van der Waals surface area contributed by atoms with Gasteiger partial charge in [-0.1, -0.05) is 0 Å². The SMILES string of the molecule is PC1=C(c2ccccc2)C[C]([Ti][C]2=C(c3ccccc3)C(P)=C(c3ccccc3)C2)=C1c1ccccc1. The average Bonchev–Trinajstić information content (AvgIpc) is 3.46. The molecule has 2 aliphatic carbocycles. The molecule has 0 radical (unpaired) electrons. The first-order valence-electron chi connectivity index (χ1n) is 12.6. The quantitative estimate of drug-likeness (QED) is 0.167. The van der Waals surface area contributed by atoms with E-state index in [9.17, 15) is 0 Å². The first kappa shape index (κ1) is 24.7. The fourth-order valence-corrected chi connectivity index (χ4v) is 9.73. The van der Waals surface area contributed by atoms with Crippen LogP contribution in [-0.2, 0) is 19.2 Å². The van der Waals surface area contributed by atoms with E-state index in [1.165, 1.54) is 55.2 Å². The summed E-state index contributed by atoms with van der Waals surface area (Å²) in [4.78, 5) is 0. The summed E-state index contributed by atoms with van der Waals surface area (Å²) in [7, 11) is 6.21. The molecule has 0 heterocycles. The van der Waals surface area contributed by atoms with E-state index in [4.69, 9.17) is 0 Å². The van der Waals surface area contributed by atoms with Gasteiger partial charge in [-0.25, -0.2) is 0 Å². The van der Waals surface area contributed by atoms with E-state index in [2.05, 4.69) is 140 Å². The second kappa shape index (κ2) is 11.0. The second-order valence-electron chi connectivity index (χ2n) is 9.43. The summed E-state index contributed by atoms with van der Waals surface area (Å²) < 4.78 is 3.26. The fraction of sp³-hybridized carbons (Fsp3) is 0.0588. The van der Waals surface area contributed by atoms with Crippen molar-refractivity contribution in [2.45, 2.75) is 12.8 Å². The standard InChI is InChI=1S/2C17H14P.Ti/c2*18-17-15(13-7-3-1-4-8-13)11-12-16(17)14-9-5-2-6-10-14;/h2*1-10H,11,18H2;. The van der Waals surface area contributed by atoms with Crippen molar-refractivity contribution >= 4 is 40.8 Å². The van der Waals surface area contributed by atoms with Gasteiger partial charge in [-0.2, -0.15) is 0 Å². The molecular formula is C34H28P2Ti. The van der Waals surface area contributed by atoms with E-state index in [0.29, 0.717) is 0 Å². The Bertz CT molecular complexity index is 1440. The molecule has 2 aliphatic rings. The van der Waals surface area contributed by atoms with E-state index in [0.717, 1.165) is 12.8 Å². The Morgan fingerprint density at radius 2 is 0.703 bits per heavy atom. The molecule has 0 bridgehead atoms. The monoisotopic (exact) mass is 546 g/mol. The molecule has 0 saturated carbocycles. The summed E-state index contributed by atoms with van der Waals surface area (Å²) in [6, 6.07) is 43.8. The number of allylic oxidation sites excluding steroid dienone is 8. The molecule has 0 N–H and O–H groups in total. The van der Waals surface area contributed by atoms with Gasteiger partial charge < -0.3 is 0 Å². The van der Waals surface area contributed by atoms with Crippen molar-refractivity contribution in [3.8, 4) is 0 Å². The summed E-state index contributed by atoms with van der Waals surface area (Å²) >= 11 is -0.539. The van der Waals surface area contributed by atoms with Gasteiger partial charge in [-0.05, 0) is 0 Å². The predicted molar refractivity (Wildman–Crippen MR) is 162 cm³/mol. The molecular weight excluding hydrogens is 518 g/mol. The van der Waals surface area contributed by atoms with Crippen LogP contribution in [0.4, 0.5) is 0 Å². The molecule has 0 amide bonds. The Balaban J connectivity index is 1.45. The fourth-order valence-electron chi connectivity index (χ4n) is 5.41. The van der Waals surface area contributed by atoms with Crippen LogP contribution in [0.5, 0.6) is 0 Å². The molecule has 3 heteroatoms. The summed E-state index contributed by atoms with van der Waals surface area (Å²) in [6.45, 7) is 0. The van der Waals surface area contributed by atoms with Gasteiger partial charge in [-0.3, -0.25) is 0 Å². The van der Waals surface area contributed by atoms with Gasteiger partial charge in [-0.15, -0.1) is 0 Å². The van der Waals surface area contributed by atoms with Crippen molar-refractivity contribution in [3.05, 3.63) is 162 Å². The molecule has 0 saturated heterocycles. The Kier molecular flexibility index (Phi) is 7.37. The Morgan fingerprint density at radius 3 is 1.03 bits per heavy atom. The summed E-state index contributed by atoms with van der Waals surface area (Å²) in [6.07, 6.45) is 2.07. The van der Waals surface area contributed by atoms with E-state index in [1.807, 2.05) is 0 Å². The van der Waals surface area contributed by atoms with Gasteiger partial charge in [0, 0.05) is 0 Å². The van der Waals surface area contributed by atoms with E-state index >= 15 is 0 Å². The number of hydrogen-bond donors (Lipinski definition) is 0.